The van der Waals surface area contributed by atoms with Gasteiger partial charge < -0.3 is 9.84 Å². The van der Waals surface area contributed by atoms with Crippen LogP contribution in [0.5, 0.6) is 5.75 Å². The van der Waals surface area contributed by atoms with Crippen LogP contribution in [-0.4, -0.2) is 40.3 Å². The molecule has 6 nitrogen and oxygen atoms in total. The predicted molar refractivity (Wildman–Crippen MR) is 115 cm³/mol. The van der Waals surface area contributed by atoms with E-state index in [1.807, 2.05) is 24.3 Å². The predicted octanol–water partition coefficient (Wildman–Crippen LogP) is 5.33. The molecule has 1 aliphatic rings. The third-order valence-electron chi connectivity index (χ3n) is 4.59. The van der Waals surface area contributed by atoms with Crippen LogP contribution in [-0.2, 0) is 9.59 Å². The molecular formula is C22H29NO5S. The van der Waals surface area contributed by atoms with Gasteiger partial charge in [0, 0.05) is 13.0 Å². The first-order valence-corrected chi connectivity index (χ1v) is 11.0. The van der Waals surface area contributed by atoms with E-state index in [9.17, 15) is 14.4 Å². The first kappa shape index (κ1) is 23.0. The van der Waals surface area contributed by atoms with E-state index in [1.54, 1.807) is 6.08 Å². The maximum atomic E-state index is 12.4. The molecular weight excluding hydrogens is 390 g/mol. The second-order valence-electron chi connectivity index (χ2n) is 7.02. The Bertz CT molecular complexity index is 729. The lowest BCUT2D eigenvalue weighted by atomic mass is 10.1. The number of imide groups is 1. The van der Waals surface area contributed by atoms with Crippen molar-refractivity contribution in [3.05, 3.63) is 34.7 Å². The van der Waals surface area contributed by atoms with Gasteiger partial charge in [-0.15, -0.1) is 0 Å². The lowest BCUT2D eigenvalue weighted by Crippen LogP contribution is -2.29. The van der Waals surface area contributed by atoms with Gasteiger partial charge in [-0.3, -0.25) is 19.3 Å². The zero-order valence-electron chi connectivity index (χ0n) is 16.9. The molecule has 2 rings (SSSR count). The molecule has 1 aromatic rings. The van der Waals surface area contributed by atoms with Crippen LogP contribution in [0.25, 0.3) is 6.08 Å². The average molecular weight is 420 g/mol. The number of hydrogen-bond donors (Lipinski definition) is 1. The number of unbranched alkanes of at least 4 members (excludes halogenated alkanes) is 5. The van der Waals surface area contributed by atoms with Crippen LogP contribution in [0.1, 0.15) is 63.9 Å². The van der Waals surface area contributed by atoms with E-state index in [0.717, 1.165) is 34.4 Å². The van der Waals surface area contributed by atoms with Crippen LogP contribution in [0.3, 0.4) is 0 Å². The van der Waals surface area contributed by atoms with Gasteiger partial charge in [-0.25, -0.2) is 0 Å². The highest BCUT2D eigenvalue weighted by Gasteiger charge is 2.34. The number of thioether (sulfide) groups is 1. The van der Waals surface area contributed by atoms with E-state index in [1.165, 1.54) is 32.1 Å². The molecule has 7 heteroatoms. The van der Waals surface area contributed by atoms with Crippen molar-refractivity contribution < 1.29 is 24.2 Å². The minimum Gasteiger partial charge on any atom is -0.494 e. The lowest BCUT2D eigenvalue weighted by Gasteiger charge is -2.10. The summed E-state index contributed by atoms with van der Waals surface area (Å²) in [5.41, 5.74) is 0.813. The number of benzene rings is 1. The third-order valence-corrected chi connectivity index (χ3v) is 5.50. The van der Waals surface area contributed by atoms with Crippen LogP contribution in [0.4, 0.5) is 4.79 Å². The largest absolute Gasteiger partial charge is 0.494 e. The third kappa shape index (κ3) is 7.93. The summed E-state index contributed by atoms with van der Waals surface area (Å²) in [6.45, 7) is 3.03. The molecule has 0 radical (unpaired) electrons. The van der Waals surface area contributed by atoms with Crippen LogP contribution in [0.15, 0.2) is 29.2 Å². The van der Waals surface area contributed by atoms with E-state index < -0.39 is 5.97 Å². The van der Waals surface area contributed by atoms with Gasteiger partial charge in [0.2, 0.25) is 0 Å². The number of carbonyl (C=O) groups excluding carboxylic acids is 2. The standard InChI is InChI=1S/C22H29NO5S/c1-2-3-4-5-6-7-15-28-18-12-10-17(11-13-18)16-19-21(26)23(22(27)29-19)14-8-9-20(24)25/h10-13,16H,2-9,14-15H2,1H3,(H,24,25)/b19-16-. The Kier molecular flexibility index (Phi) is 9.77. The van der Waals surface area contributed by atoms with Crippen molar-refractivity contribution >= 4 is 35.0 Å². The first-order valence-electron chi connectivity index (χ1n) is 10.2. The summed E-state index contributed by atoms with van der Waals surface area (Å²) >= 11 is 0.884. The fraction of sp³-hybridized carbons (Fsp3) is 0.500. The molecule has 1 N–H and O–H groups in total. The molecule has 1 fully saturated rings. The van der Waals surface area contributed by atoms with Crippen molar-refractivity contribution in [2.75, 3.05) is 13.2 Å². The fourth-order valence-corrected chi connectivity index (χ4v) is 3.83. The molecule has 1 heterocycles. The average Bonchev–Trinajstić information content (AvgIpc) is 2.95. The summed E-state index contributed by atoms with van der Waals surface area (Å²) in [5, 5.41) is 8.33. The number of nitrogens with zero attached hydrogens (tertiary/aromatic N) is 1. The number of hydrogen-bond acceptors (Lipinski definition) is 5. The minimum atomic E-state index is -0.939. The van der Waals surface area contributed by atoms with Gasteiger partial charge in [0.1, 0.15) is 5.75 Å². The number of amides is 2. The van der Waals surface area contributed by atoms with Crippen molar-refractivity contribution in [3.8, 4) is 5.75 Å². The van der Waals surface area contributed by atoms with Gasteiger partial charge >= 0.3 is 5.97 Å². The zero-order chi connectivity index (χ0) is 21.1. The molecule has 0 aliphatic carbocycles. The number of aliphatic carboxylic acids is 1. The number of carbonyl (C=O) groups is 3. The summed E-state index contributed by atoms with van der Waals surface area (Å²) in [7, 11) is 0. The maximum Gasteiger partial charge on any atom is 0.303 e. The molecule has 2 amide bonds. The van der Waals surface area contributed by atoms with Gasteiger partial charge in [-0.05, 0) is 48.4 Å². The molecule has 1 saturated heterocycles. The molecule has 0 bridgehead atoms. The SMILES string of the molecule is CCCCCCCCOc1ccc(/C=C2\SC(=O)N(CCCC(=O)O)C2=O)cc1. The number of rotatable bonds is 13. The summed E-state index contributed by atoms with van der Waals surface area (Å²) in [4.78, 5) is 36.4. The van der Waals surface area contributed by atoms with E-state index in [4.69, 9.17) is 9.84 Å². The molecule has 0 spiro atoms. The highest BCUT2D eigenvalue weighted by atomic mass is 32.2. The quantitative estimate of drug-likeness (QED) is 0.344. The highest BCUT2D eigenvalue weighted by molar-refractivity contribution is 8.18. The van der Waals surface area contributed by atoms with E-state index in [2.05, 4.69) is 6.92 Å². The molecule has 1 aliphatic heterocycles. The van der Waals surface area contributed by atoms with Crippen molar-refractivity contribution in [1.82, 2.24) is 4.90 Å². The Morgan fingerprint density at radius 3 is 2.45 bits per heavy atom. The maximum absolute atomic E-state index is 12.4. The molecule has 0 unspecified atom stereocenters. The minimum absolute atomic E-state index is 0.0685. The Labute approximate surface area is 176 Å². The number of carboxylic acid groups (broad SMARTS) is 1. The fourth-order valence-electron chi connectivity index (χ4n) is 2.97. The highest BCUT2D eigenvalue weighted by Crippen LogP contribution is 2.32. The van der Waals surface area contributed by atoms with Crippen molar-refractivity contribution in [1.29, 1.82) is 0 Å². The smallest absolute Gasteiger partial charge is 0.303 e. The molecule has 1 aromatic carbocycles. The van der Waals surface area contributed by atoms with Gasteiger partial charge in [0.25, 0.3) is 11.1 Å². The van der Waals surface area contributed by atoms with Crippen LogP contribution in [0, 0.1) is 0 Å². The Hall–Kier alpha value is -2.28. The van der Waals surface area contributed by atoms with Gasteiger partial charge in [-0.1, -0.05) is 51.2 Å². The Balaban J connectivity index is 1.80. The Morgan fingerprint density at radius 1 is 1.07 bits per heavy atom. The van der Waals surface area contributed by atoms with E-state index in [-0.39, 0.29) is 30.5 Å². The van der Waals surface area contributed by atoms with Crippen LogP contribution in [0.2, 0.25) is 0 Å². The van der Waals surface area contributed by atoms with Crippen LogP contribution >= 0.6 is 11.8 Å². The normalized spacial score (nSPS) is 15.3. The molecule has 0 saturated carbocycles. The van der Waals surface area contributed by atoms with E-state index >= 15 is 0 Å². The van der Waals surface area contributed by atoms with Gasteiger partial charge in [0.05, 0.1) is 11.5 Å². The van der Waals surface area contributed by atoms with E-state index in [0.29, 0.717) is 11.5 Å². The molecule has 0 aromatic heterocycles. The first-order chi connectivity index (χ1) is 14.0. The summed E-state index contributed by atoms with van der Waals surface area (Å²) in [5.74, 6) is -0.516. The summed E-state index contributed by atoms with van der Waals surface area (Å²) in [6, 6.07) is 7.43. The summed E-state index contributed by atoms with van der Waals surface area (Å²) in [6.07, 6.45) is 9.18. The van der Waals surface area contributed by atoms with Crippen molar-refractivity contribution in [2.24, 2.45) is 0 Å². The second-order valence-corrected chi connectivity index (χ2v) is 8.01. The second kappa shape index (κ2) is 12.3. The summed E-state index contributed by atoms with van der Waals surface area (Å²) < 4.78 is 5.75. The molecule has 29 heavy (non-hydrogen) atoms. The van der Waals surface area contributed by atoms with Crippen molar-refractivity contribution in [3.63, 3.8) is 0 Å². The van der Waals surface area contributed by atoms with Crippen LogP contribution < -0.4 is 4.74 Å². The van der Waals surface area contributed by atoms with Gasteiger partial charge in [0.15, 0.2) is 0 Å². The number of ether oxygens (including phenoxy) is 1. The lowest BCUT2D eigenvalue weighted by molar-refractivity contribution is -0.137. The molecule has 0 atom stereocenters. The number of carboxylic acids is 1. The molecule has 158 valence electrons. The topological polar surface area (TPSA) is 83.9 Å². The Morgan fingerprint density at radius 2 is 1.76 bits per heavy atom. The zero-order valence-corrected chi connectivity index (χ0v) is 17.7. The van der Waals surface area contributed by atoms with Gasteiger partial charge in [-0.2, -0.15) is 0 Å². The monoisotopic (exact) mass is 419 g/mol. The van der Waals surface area contributed by atoms with Crippen molar-refractivity contribution in [2.45, 2.75) is 58.3 Å².